The number of hydrogen-bond donors (Lipinski definition) is 6. The van der Waals surface area contributed by atoms with Crippen molar-refractivity contribution < 1.29 is 48.0 Å². The maximum Gasteiger partial charge on any atom is 0.470 e. The average Bonchev–Trinajstić information content (AvgIpc) is 4.18. The molecule has 0 spiro atoms. The second-order valence-corrected chi connectivity index (χ2v) is 23.9. The van der Waals surface area contributed by atoms with Gasteiger partial charge in [0.25, 0.3) is 23.6 Å². The molecule has 0 radical (unpaired) electrons. The first-order valence-electron chi connectivity index (χ1n) is 27.2. The van der Waals surface area contributed by atoms with E-state index >= 15 is 0 Å². The van der Waals surface area contributed by atoms with Crippen LogP contribution in [0.2, 0.25) is 0 Å². The first kappa shape index (κ1) is 55.7. The normalized spacial score (nSPS) is 18.4. The highest BCUT2D eigenvalue weighted by atomic mass is 31.2. The van der Waals surface area contributed by atoms with E-state index in [0.29, 0.717) is 66.7 Å². The molecule has 426 valence electrons. The summed E-state index contributed by atoms with van der Waals surface area (Å²) in [5.41, 5.74) is 11.8. The van der Waals surface area contributed by atoms with Gasteiger partial charge in [-0.1, -0.05) is 20.4 Å². The van der Waals surface area contributed by atoms with Gasteiger partial charge in [-0.2, -0.15) is 0 Å². The molecule has 4 aromatic heterocycles. The summed E-state index contributed by atoms with van der Waals surface area (Å²) in [4.78, 5) is 114. The van der Waals surface area contributed by atoms with Crippen LogP contribution in [0, 0.1) is 5.41 Å². The zero-order chi connectivity index (χ0) is 58.2. The fourth-order valence-corrected chi connectivity index (χ4v) is 13.0. The third-order valence-corrected chi connectivity index (χ3v) is 16.9. The van der Waals surface area contributed by atoms with Crippen LogP contribution in [0.1, 0.15) is 112 Å². The topological polar surface area (TPSA) is 295 Å². The summed E-state index contributed by atoms with van der Waals surface area (Å²) in [7, 11) is -4.89. The highest BCUT2D eigenvalue weighted by Crippen LogP contribution is 2.46. The zero-order valence-electron chi connectivity index (χ0n) is 46.1. The number of fused-ring (bicyclic) bond motifs is 4. The van der Waals surface area contributed by atoms with E-state index in [4.69, 9.17) is 15.2 Å². The highest BCUT2D eigenvalue weighted by molar-refractivity contribution is 7.46. The van der Waals surface area contributed by atoms with Crippen molar-refractivity contribution in [1.29, 1.82) is 0 Å². The number of nitrogens with two attached hydrogens (primary N) is 1. The van der Waals surface area contributed by atoms with Crippen molar-refractivity contribution in [2.24, 2.45) is 11.1 Å². The Morgan fingerprint density at radius 1 is 0.878 bits per heavy atom. The molecule has 82 heavy (non-hydrogen) atoms. The van der Waals surface area contributed by atoms with Crippen molar-refractivity contribution in [2.75, 3.05) is 69.5 Å². The van der Waals surface area contributed by atoms with Gasteiger partial charge in [-0.3, -0.25) is 43.3 Å². The predicted molar refractivity (Wildman–Crippen MR) is 307 cm³/mol. The minimum absolute atomic E-state index is 0.0169. The molecule has 1 aliphatic carbocycles. The molecule has 0 bridgehead atoms. The number of primary amides is 1. The number of amides is 5. The van der Waals surface area contributed by atoms with Gasteiger partial charge in [0, 0.05) is 98.5 Å². The summed E-state index contributed by atoms with van der Waals surface area (Å²) < 4.78 is 18.7. The summed E-state index contributed by atoms with van der Waals surface area (Å²) >= 11 is 0. The minimum atomic E-state index is -4.89. The second-order valence-electron chi connectivity index (χ2n) is 22.7. The fourth-order valence-electron chi connectivity index (χ4n) is 12.4. The lowest BCUT2D eigenvalue weighted by Gasteiger charge is -2.47. The second kappa shape index (κ2) is 21.3. The van der Waals surface area contributed by atoms with Crippen LogP contribution in [-0.4, -0.2) is 125 Å². The van der Waals surface area contributed by atoms with Gasteiger partial charge in [-0.05, 0) is 124 Å². The quantitative estimate of drug-likeness (QED) is 0.0373. The van der Waals surface area contributed by atoms with E-state index in [2.05, 4.69) is 72.2 Å². The Labute approximate surface area is 473 Å². The molecule has 0 saturated carbocycles. The predicted octanol–water partition coefficient (Wildman–Crippen LogP) is 6.30. The number of piperidine rings is 1. The van der Waals surface area contributed by atoms with E-state index in [1.54, 1.807) is 35.4 Å². The number of aliphatic hydroxyl groups excluding tert-OH is 1. The number of pyridine rings is 2. The summed E-state index contributed by atoms with van der Waals surface area (Å²) in [6.45, 7) is 17.2. The lowest BCUT2D eigenvalue weighted by Crippen LogP contribution is -2.57. The number of phosphoric ester groups is 1. The lowest BCUT2D eigenvalue weighted by molar-refractivity contribution is -0.111. The Hall–Kier alpha value is -8.18. The van der Waals surface area contributed by atoms with Gasteiger partial charge < -0.3 is 45.6 Å². The molecule has 6 aromatic rings. The van der Waals surface area contributed by atoms with Crippen LogP contribution in [0.15, 0.2) is 91.9 Å². The molecule has 2 aromatic carbocycles. The fraction of sp³-hybridized carbons (Fsp3) is 0.362. The van der Waals surface area contributed by atoms with Crippen LogP contribution in [-0.2, 0) is 45.5 Å². The van der Waals surface area contributed by atoms with Crippen LogP contribution in [0.3, 0.4) is 0 Å². The van der Waals surface area contributed by atoms with Crippen molar-refractivity contribution >= 4 is 77.4 Å². The highest BCUT2D eigenvalue weighted by Gasteiger charge is 2.41. The molecule has 2 fully saturated rings. The van der Waals surface area contributed by atoms with E-state index in [9.17, 15) is 43.4 Å². The van der Waals surface area contributed by atoms with Crippen molar-refractivity contribution in [3.05, 3.63) is 137 Å². The Kier molecular flexibility index (Phi) is 14.5. The molecule has 1 atom stereocenters. The molecular formula is C58H64N13O10P. The number of piperazine rings is 1. The standard InChI is InChI=1S/C58H64N13O10P/c1-7-49(73)64-43-25-35(63-52-50(51(59)74)62-30-44(65-52)39-13-17-61-53(42(39)32-72)70-23-22-69-46(56(70)77)24-34-28-57(3,4)29-47(34)69)8-11-45(43)68-21-20-67(31-33(68)2)36-14-18-66(19-15-36)37-9-10-40-41(26-37)55(76)71(54(40)75)38-12-16-60-48(27-38)58(5,6)81-82(78,79)80/h7-13,16-17,24-27,30,33,36,72H,1,14-15,18-23,28-29,31-32H2,2-6H3,(H2,59,74)(H,63,65)(H,64,73)(H2,78,79,80)/t33-/m0/s1. The number of aromatic nitrogens is 5. The number of aliphatic hydroxyl groups is 1. The molecule has 0 unspecified atom stereocenters. The summed E-state index contributed by atoms with van der Waals surface area (Å²) in [5, 5.41) is 17.1. The first-order chi connectivity index (χ1) is 39.0. The molecular weight excluding hydrogens is 1070 g/mol. The van der Waals surface area contributed by atoms with Gasteiger partial charge in [-0.15, -0.1) is 0 Å². The maximum absolute atomic E-state index is 14.1. The minimum Gasteiger partial charge on any atom is -0.392 e. The molecule has 24 heteroatoms. The molecule has 5 aliphatic rings. The number of carbonyl (C=O) groups excluding carboxylic acids is 5. The van der Waals surface area contributed by atoms with Crippen LogP contribution >= 0.6 is 7.82 Å². The van der Waals surface area contributed by atoms with Crippen molar-refractivity contribution in [2.45, 2.75) is 91.1 Å². The van der Waals surface area contributed by atoms with Crippen LogP contribution in [0.4, 0.5) is 40.1 Å². The molecule has 5 amide bonds. The third kappa shape index (κ3) is 10.5. The Bertz CT molecular complexity index is 3680. The van der Waals surface area contributed by atoms with E-state index in [1.165, 1.54) is 55.7 Å². The van der Waals surface area contributed by atoms with Crippen LogP contribution in [0.5, 0.6) is 0 Å². The van der Waals surface area contributed by atoms with E-state index < -0.39 is 43.7 Å². The van der Waals surface area contributed by atoms with Gasteiger partial charge in [0.1, 0.15) is 17.1 Å². The molecule has 23 nitrogen and oxygen atoms in total. The number of benzene rings is 2. The monoisotopic (exact) mass is 1130 g/mol. The van der Waals surface area contributed by atoms with Gasteiger partial charge in [0.2, 0.25) is 5.91 Å². The van der Waals surface area contributed by atoms with Gasteiger partial charge in [0.15, 0.2) is 11.5 Å². The third-order valence-electron chi connectivity index (χ3n) is 16.2. The average molecular weight is 1130 g/mol. The number of carbonyl (C=O) groups is 5. The van der Waals surface area contributed by atoms with Gasteiger partial charge in [-0.25, -0.2) is 24.4 Å². The first-order valence-corrected chi connectivity index (χ1v) is 28.7. The number of nitrogens with one attached hydrogen (secondary N) is 2. The largest absolute Gasteiger partial charge is 0.470 e. The SMILES string of the molecule is C=CC(=O)Nc1cc(Nc2nc(-c3ccnc(N4CCn5c(cc6c5CC(C)(C)C6)C4=O)c3CO)cnc2C(N)=O)ccc1N1CCN(C2CCN(c3ccc4c(c3)C(=O)N(c3ccnc(C(C)(C)OP(=O)(O)O)c3)C4=O)CC2)C[C@@H]1C. The number of rotatable bonds is 15. The molecule has 2 saturated heterocycles. The molecule has 11 rings (SSSR count). The van der Waals surface area contributed by atoms with E-state index in [0.717, 1.165) is 55.0 Å². The number of hydrogen-bond acceptors (Lipinski definition) is 16. The summed E-state index contributed by atoms with van der Waals surface area (Å²) in [5.74, 6) is -2.18. The van der Waals surface area contributed by atoms with Gasteiger partial charge in [0.05, 0.1) is 52.4 Å². The van der Waals surface area contributed by atoms with Gasteiger partial charge >= 0.3 is 7.82 Å². The Balaban J connectivity index is 0.762. The number of nitrogens with zero attached hydrogens (tertiary/aromatic N) is 10. The smallest absolute Gasteiger partial charge is 0.392 e. The van der Waals surface area contributed by atoms with Crippen molar-refractivity contribution in [3.63, 3.8) is 0 Å². The maximum atomic E-state index is 14.1. The van der Waals surface area contributed by atoms with E-state index in [-0.39, 0.29) is 63.1 Å². The van der Waals surface area contributed by atoms with Crippen molar-refractivity contribution in [1.82, 2.24) is 29.4 Å². The Morgan fingerprint density at radius 2 is 1.63 bits per heavy atom. The van der Waals surface area contributed by atoms with Crippen LogP contribution < -0.4 is 36.0 Å². The van der Waals surface area contributed by atoms with Crippen LogP contribution in [0.25, 0.3) is 11.3 Å². The molecule has 8 heterocycles. The van der Waals surface area contributed by atoms with Crippen molar-refractivity contribution in [3.8, 4) is 11.3 Å². The van der Waals surface area contributed by atoms with E-state index in [1.807, 2.05) is 24.3 Å². The zero-order valence-corrected chi connectivity index (χ0v) is 47.0. The number of imide groups is 1. The molecule has 4 aliphatic heterocycles. The lowest BCUT2D eigenvalue weighted by atomic mass is 9.90. The summed E-state index contributed by atoms with van der Waals surface area (Å²) in [6, 6.07) is 17.6. The summed E-state index contributed by atoms with van der Waals surface area (Å²) in [6.07, 6.45) is 8.97. The number of phosphoric acid groups is 1. The molecule has 7 N–H and O–H groups in total. The Morgan fingerprint density at radius 3 is 2.35 bits per heavy atom. The number of anilines is 7.